The Kier molecular flexibility index (Phi) is 2.90. The Morgan fingerprint density at radius 2 is 1.94 bits per heavy atom. The third kappa shape index (κ3) is 2.24. The van der Waals surface area contributed by atoms with Crippen molar-refractivity contribution in [2.45, 2.75) is 13.1 Å². The monoisotopic (exact) mass is 254 g/mol. The zero-order chi connectivity index (χ0) is 13.3. The number of nitrogens with two attached hydrogens (primary N) is 1. The lowest BCUT2D eigenvalue weighted by Gasteiger charge is -2.13. The smallest absolute Gasteiger partial charge is 0.368 e. The molecule has 0 amide bonds. The highest BCUT2D eigenvalue weighted by molar-refractivity contribution is 5.66. The van der Waals surface area contributed by atoms with Gasteiger partial charge < -0.3 is 5.73 Å². The first kappa shape index (κ1) is 12.3. The molecule has 0 aliphatic rings. The number of nitrogen functional groups attached to an aromatic ring is 1. The first-order valence-corrected chi connectivity index (χ1v) is 5.00. The number of aryl methyl sites for hydroxylation is 1. The molecule has 0 aliphatic heterocycles. The molecule has 2 heterocycles. The van der Waals surface area contributed by atoms with Crippen LogP contribution in [0.2, 0.25) is 0 Å². The van der Waals surface area contributed by atoms with Gasteiger partial charge in [0.15, 0.2) is 0 Å². The van der Waals surface area contributed by atoms with E-state index in [4.69, 9.17) is 5.73 Å². The van der Waals surface area contributed by atoms with Gasteiger partial charge in [-0.3, -0.25) is 4.98 Å². The Morgan fingerprint density at radius 3 is 2.61 bits per heavy atom. The summed E-state index contributed by atoms with van der Waals surface area (Å²) >= 11 is 0. The van der Waals surface area contributed by atoms with Gasteiger partial charge in [0.2, 0.25) is 5.95 Å². The molecule has 0 saturated carbocycles. The minimum absolute atomic E-state index is 0.0763. The number of pyridine rings is 1. The highest BCUT2D eigenvalue weighted by Gasteiger charge is 2.34. The first-order chi connectivity index (χ1) is 8.39. The van der Waals surface area contributed by atoms with Crippen molar-refractivity contribution in [2.75, 3.05) is 5.73 Å². The molecule has 0 atom stereocenters. The van der Waals surface area contributed by atoms with Gasteiger partial charge in [-0.15, -0.1) is 0 Å². The van der Waals surface area contributed by atoms with Crippen LogP contribution in [0.15, 0.2) is 24.7 Å². The van der Waals surface area contributed by atoms with Crippen molar-refractivity contribution in [1.29, 1.82) is 0 Å². The molecule has 0 aliphatic carbocycles. The van der Waals surface area contributed by atoms with Crippen molar-refractivity contribution in [3.63, 3.8) is 0 Å². The number of halogens is 3. The third-order valence-electron chi connectivity index (χ3n) is 2.37. The van der Waals surface area contributed by atoms with Crippen molar-refractivity contribution in [2.24, 2.45) is 0 Å². The van der Waals surface area contributed by atoms with Crippen molar-refractivity contribution in [3.8, 4) is 11.3 Å². The lowest BCUT2D eigenvalue weighted by Crippen LogP contribution is -2.09. The lowest BCUT2D eigenvalue weighted by molar-refractivity contribution is -0.137. The molecule has 2 N–H and O–H groups in total. The minimum atomic E-state index is -4.47. The summed E-state index contributed by atoms with van der Waals surface area (Å²) in [6.45, 7) is 1.61. The summed E-state index contributed by atoms with van der Waals surface area (Å²) in [6, 6.07) is 0.910. The zero-order valence-electron chi connectivity index (χ0n) is 9.36. The van der Waals surface area contributed by atoms with Crippen molar-refractivity contribution in [3.05, 3.63) is 35.8 Å². The van der Waals surface area contributed by atoms with Crippen LogP contribution in [0.25, 0.3) is 11.3 Å². The Hall–Kier alpha value is -2.18. The van der Waals surface area contributed by atoms with E-state index >= 15 is 0 Å². The molecule has 0 spiro atoms. The summed E-state index contributed by atoms with van der Waals surface area (Å²) in [5.74, 6) is -0.0763. The average Bonchev–Trinajstić information content (AvgIpc) is 2.31. The fourth-order valence-electron chi connectivity index (χ4n) is 1.56. The van der Waals surface area contributed by atoms with Crippen LogP contribution < -0.4 is 5.73 Å². The number of hydrogen-bond acceptors (Lipinski definition) is 4. The number of aromatic nitrogens is 3. The van der Waals surface area contributed by atoms with Gasteiger partial charge in [0, 0.05) is 24.2 Å². The van der Waals surface area contributed by atoms with Gasteiger partial charge in [0.05, 0.1) is 11.3 Å². The molecule has 0 unspecified atom stereocenters. The molecule has 4 nitrogen and oxygen atoms in total. The van der Waals surface area contributed by atoms with Crippen molar-refractivity contribution in [1.82, 2.24) is 15.0 Å². The van der Waals surface area contributed by atoms with Gasteiger partial charge in [0.25, 0.3) is 0 Å². The summed E-state index contributed by atoms with van der Waals surface area (Å²) in [5.41, 5.74) is 5.15. The van der Waals surface area contributed by atoms with E-state index in [1.807, 2.05) is 0 Å². The molecule has 0 radical (unpaired) electrons. The van der Waals surface area contributed by atoms with Crippen LogP contribution >= 0.6 is 0 Å². The van der Waals surface area contributed by atoms with E-state index in [9.17, 15) is 13.2 Å². The normalized spacial score (nSPS) is 11.6. The van der Waals surface area contributed by atoms with Gasteiger partial charge in [-0.25, -0.2) is 9.97 Å². The third-order valence-corrected chi connectivity index (χ3v) is 2.37. The summed E-state index contributed by atoms with van der Waals surface area (Å²) in [5, 5.41) is 0. The van der Waals surface area contributed by atoms with Gasteiger partial charge >= 0.3 is 6.18 Å². The molecular formula is C11H9F3N4. The number of anilines is 1. The van der Waals surface area contributed by atoms with E-state index in [1.165, 1.54) is 6.20 Å². The Bertz CT molecular complexity index is 581. The minimum Gasteiger partial charge on any atom is -0.368 e. The van der Waals surface area contributed by atoms with E-state index in [-0.39, 0.29) is 17.2 Å². The highest BCUT2D eigenvalue weighted by Crippen LogP contribution is 2.36. The molecule has 0 fully saturated rings. The molecule has 7 heteroatoms. The van der Waals surface area contributed by atoms with Crippen LogP contribution in [0.3, 0.4) is 0 Å². The first-order valence-electron chi connectivity index (χ1n) is 5.00. The number of rotatable bonds is 1. The molecule has 94 valence electrons. The number of alkyl halides is 3. The number of hydrogen-bond donors (Lipinski definition) is 1. The second-order valence-electron chi connectivity index (χ2n) is 3.68. The fourth-order valence-corrected chi connectivity index (χ4v) is 1.56. The Morgan fingerprint density at radius 1 is 1.22 bits per heavy atom. The van der Waals surface area contributed by atoms with E-state index in [2.05, 4.69) is 15.0 Å². The topological polar surface area (TPSA) is 64.7 Å². The molecule has 0 aromatic carbocycles. The van der Waals surface area contributed by atoms with Crippen LogP contribution in [0.4, 0.5) is 19.1 Å². The van der Waals surface area contributed by atoms with Crippen LogP contribution in [0.1, 0.15) is 11.1 Å². The van der Waals surface area contributed by atoms with E-state index in [0.717, 1.165) is 18.5 Å². The van der Waals surface area contributed by atoms with Gasteiger partial charge in [-0.1, -0.05) is 0 Å². The standard InChI is InChI=1S/C11H9F3N4/c1-6-4-17-10(15)18-9(6)7-5-16-3-2-8(7)11(12,13)14/h2-5H,1H3,(H2,15,17,18). The maximum absolute atomic E-state index is 12.9. The van der Waals surface area contributed by atoms with Crippen LogP contribution in [-0.4, -0.2) is 15.0 Å². The van der Waals surface area contributed by atoms with E-state index < -0.39 is 11.7 Å². The van der Waals surface area contributed by atoms with Crippen LogP contribution in [0, 0.1) is 6.92 Å². The molecule has 0 bridgehead atoms. The molecule has 2 aromatic heterocycles. The van der Waals surface area contributed by atoms with E-state index in [0.29, 0.717) is 5.56 Å². The molecule has 2 rings (SSSR count). The number of nitrogens with zero attached hydrogens (tertiary/aromatic N) is 3. The fraction of sp³-hybridized carbons (Fsp3) is 0.182. The molecule has 18 heavy (non-hydrogen) atoms. The summed E-state index contributed by atoms with van der Waals surface area (Å²) in [6.07, 6.45) is -0.876. The average molecular weight is 254 g/mol. The van der Waals surface area contributed by atoms with Crippen LogP contribution in [-0.2, 0) is 6.18 Å². The van der Waals surface area contributed by atoms with Gasteiger partial charge in [-0.2, -0.15) is 13.2 Å². The lowest BCUT2D eigenvalue weighted by atomic mass is 10.0. The van der Waals surface area contributed by atoms with Crippen molar-refractivity contribution >= 4 is 5.95 Å². The molecule has 2 aromatic rings. The van der Waals surface area contributed by atoms with Gasteiger partial charge in [-0.05, 0) is 18.6 Å². The SMILES string of the molecule is Cc1cnc(N)nc1-c1cnccc1C(F)(F)F. The highest BCUT2D eigenvalue weighted by atomic mass is 19.4. The zero-order valence-corrected chi connectivity index (χ0v) is 9.36. The second-order valence-corrected chi connectivity index (χ2v) is 3.68. The summed E-state index contributed by atoms with van der Waals surface area (Å²) in [4.78, 5) is 11.3. The summed E-state index contributed by atoms with van der Waals surface area (Å²) < 4.78 is 38.6. The predicted molar refractivity (Wildman–Crippen MR) is 59.4 cm³/mol. The maximum Gasteiger partial charge on any atom is 0.417 e. The summed E-state index contributed by atoms with van der Waals surface area (Å²) in [7, 11) is 0. The van der Waals surface area contributed by atoms with Crippen molar-refractivity contribution < 1.29 is 13.2 Å². The molecular weight excluding hydrogens is 245 g/mol. The van der Waals surface area contributed by atoms with Crippen LogP contribution in [0.5, 0.6) is 0 Å². The Balaban J connectivity index is 2.68. The second kappa shape index (κ2) is 4.25. The largest absolute Gasteiger partial charge is 0.417 e. The quantitative estimate of drug-likeness (QED) is 0.848. The Labute approximate surface area is 101 Å². The predicted octanol–water partition coefficient (Wildman–Crippen LogP) is 2.45. The molecule has 0 saturated heterocycles. The maximum atomic E-state index is 12.9. The van der Waals surface area contributed by atoms with E-state index in [1.54, 1.807) is 6.92 Å². The van der Waals surface area contributed by atoms with Gasteiger partial charge in [0.1, 0.15) is 0 Å².